The molecule has 4 nitrogen and oxygen atoms in total. The highest BCUT2D eigenvalue weighted by molar-refractivity contribution is 6.30. The molecule has 2 atom stereocenters. The van der Waals surface area contributed by atoms with Crippen LogP contribution in [0.2, 0.25) is 5.02 Å². The monoisotopic (exact) mass is 342 g/mol. The average Bonchev–Trinajstić information content (AvgIpc) is 2.55. The Labute approximate surface area is 146 Å². The maximum atomic E-state index is 12.8. The summed E-state index contributed by atoms with van der Waals surface area (Å²) in [5.41, 5.74) is 2.29. The van der Waals surface area contributed by atoms with Crippen LogP contribution in [0.4, 0.5) is 10.5 Å². The zero-order valence-corrected chi connectivity index (χ0v) is 14.4. The van der Waals surface area contributed by atoms with Crippen LogP contribution >= 0.6 is 11.6 Å². The highest BCUT2D eigenvalue weighted by atomic mass is 35.5. The SMILES string of the molecule is CCc1ccc(N2C(=O)N[C@@H]3C[C@]2(C)Oc2ccc(Cl)cc23)cc1. The third-order valence-electron chi connectivity index (χ3n) is 4.84. The first-order valence-corrected chi connectivity index (χ1v) is 8.56. The van der Waals surface area contributed by atoms with Crippen LogP contribution in [0.25, 0.3) is 0 Å². The molecule has 0 unspecified atom stereocenters. The predicted molar refractivity (Wildman–Crippen MR) is 94.7 cm³/mol. The van der Waals surface area contributed by atoms with Crippen molar-refractivity contribution in [2.45, 2.75) is 38.5 Å². The van der Waals surface area contributed by atoms with Crippen molar-refractivity contribution in [2.24, 2.45) is 0 Å². The van der Waals surface area contributed by atoms with Crippen molar-refractivity contribution in [3.05, 3.63) is 58.6 Å². The van der Waals surface area contributed by atoms with Gasteiger partial charge in [0.05, 0.1) is 6.04 Å². The molecule has 2 aromatic rings. The Morgan fingerprint density at radius 2 is 2.04 bits per heavy atom. The number of hydrogen-bond acceptors (Lipinski definition) is 2. The van der Waals surface area contributed by atoms with Crippen LogP contribution < -0.4 is 15.0 Å². The predicted octanol–water partition coefficient (Wildman–Crippen LogP) is 4.67. The third-order valence-corrected chi connectivity index (χ3v) is 5.07. The molecule has 2 heterocycles. The van der Waals surface area contributed by atoms with E-state index in [2.05, 4.69) is 24.4 Å². The number of rotatable bonds is 2. The van der Waals surface area contributed by atoms with E-state index in [1.54, 1.807) is 4.90 Å². The summed E-state index contributed by atoms with van der Waals surface area (Å²) >= 11 is 6.10. The smallest absolute Gasteiger partial charge is 0.325 e. The van der Waals surface area contributed by atoms with Crippen LogP contribution in [0.15, 0.2) is 42.5 Å². The van der Waals surface area contributed by atoms with E-state index < -0.39 is 5.72 Å². The number of aryl methyl sites for hydroxylation is 1. The van der Waals surface area contributed by atoms with Crippen molar-refractivity contribution in [2.75, 3.05) is 4.90 Å². The first-order valence-electron chi connectivity index (χ1n) is 8.18. The molecule has 2 bridgehead atoms. The number of amides is 2. The van der Waals surface area contributed by atoms with Gasteiger partial charge in [-0.25, -0.2) is 4.79 Å². The Morgan fingerprint density at radius 3 is 2.75 bits per heavy atom. The molecule has 1 saturated heterocycles. The lowest BCUT2D eigenvalue weighted by atomic mass is 9.90. The van der Waals surface area contributed by atoms with Crippen molar-refractivity contribution >= 4 is 23.3 Å². The van der Waals surface area contributed by atoms with Gasteiger partial charge < -0.3 is 10.1 Å². The number of anilines is 1. The lowest BCUT2D eigenvalue weighted by Gasteiger charge is -2.50. The highest BCUT2D eigenvalue weighted by Gasteiger charge is 2.49. The molecule has 2 aliphatic heterocycles. The Bertz CT molecular complexity index is 806. The maximum Gasteiger partial charge on any atom is 0.325 e. The fourth-order valence-electron chi connectivity index (χ4n) is 3.62. The molecule has 1 fully saturated rings. The van der Waals surface area contributed by atoms with Gasteiger partial charge in [0.1, 0.15) is 5.75 Å². The van der Waals surface area contributed by atoms with Gasteiger partial charge in [-0.2, -0.15) is 0 Å². The number of halogens is 1. The van der Waals surface area contributed by atoms with Crippen LogP contribution in [0.3, 0.4) is 0 Å². The van der Waals surface area contributed by atoms with E-state index in [9.17, 15) is 4.79 Å². The van der Waals surface area contributed by atoms with E-state index in [1.165, 1.54) is 5.56 Å². The second-order valence-corrected chi connectivity index (χ2v) is 6.96. The number of benzene rings is 2. The number of urea groups is 1. The number of nitrogens with one attached hydrogen (secondary N) is 1. The van der Waals surface area contributed by atoms with Gasteiger partial charge in [0.15, 0.2) is 5.72 Å². The Hall–Kier alpha value is -2.20. The van der Waals surface area contributed by atoms with Gasteiger partial charge in [0.25, 0.3) is 0 Å². The van der Waals surface area contributed by atoms with Gasteiger partial charge in [-0.15, -0.1) is 0 Å². The lowest BCUT2D eigenvalue weighted by molar-refractivity contribution is 0.0379. The van der Waals surface area contributed by atoms with Crippen LogP contribution in [0.1, 0.15) is 37.4 Å². The molecule has 4 rings (SSSR count). The third kappa shape index (κ3) is 2.33. The minimum absolute atomic E-state index is 0.0869. The zero-order chi connectivity index (χ0) is 16.9. The van der Waals surface area contributed by atoms with E-state index >= 15 is 0 Å². The number of hydrogen-bond donors (Lipinski definition) is 1. The fraction of sp³-hybridized carbons (Fsp3) is 0.316. The number of carbonyl (C=O) groups is 1. The molecule has 2 amide bonds. The molecule has 124 valence electrons. The number of fused-ring (bicyclic) bond motifs is 4. The summed E-state index contributed by atoms with van der Waals surface area (Å²) < 4.78 is 6.25. The summed E-state index contributed by atoms with van der Waals surface area (Å²) in [4.78, 5) is 14.5. The van der Waals surface area contributed by atoms with Crippen molar-refractivity contribution in [3.8, 4) is 5.75 Å². The van der Waals surface area contributed by atoms with Gasteiger partial charge in [-0.3, -0.25) is 4.90 Å². The van der Waals surface area contributed by atoms with E-state index in [4.69, 9.17) is 16.3 Å². The van der Waals surface area contributed by atoms with Crippen molar-refractivity contribution in [1.82, 2.24) is 5.32 Å². The molecule has 2 aromatic carbocycles. The first kappa shape index (κ1) is 15.3. The molecule has 0 saturated carbocycles. The summed E-state index contributed by atoms with van der Waals surface area (Å²) in [5.74, 6) is 0.772. The minimum Gasteiger partial charge on any atom is -0.467 e. The molecule has 24 heavy (non-hydrogen) atoms. The summed E-state index contributed by atoms with van der Waals surface area (Å²) in [7, 11) is 0. The summed E-state index contributed by atoms with van der Waals surface area (Å²) in [6.07, 6.45) is 1.64. The Morgan fingerprint density at radius 1 is 1.29 bits per heavy atom. The summed E-state index contributed by atoms with van der Waals surface area (Å²) in [6, 6.07) is 13.4. The molecule has 5 heteroatoms. The standard InChI is InChI=1S/C19H19ClN2O2/c1-3-12-4-7-14(8-5-12)22-18(23)21-16-11-19(22,2)24-17-9-6-13(20)10-15(16)17/h4-10,16H,3,11H2,1-2H3,(H,21,23)/t16-,19+/m1/s1. The Balaban J connectivity index is 1.76. The number of carbonyl (C=O) groups excluding carboxylic acids is 1. The molecule has 0 radical (unpaired) electrons. The number of nitrogens with zero attached hydrogens (tertiary/aromatic N) is 1. The molecule has 0 spiro atoms. The maximum absolute atomic E-state index is 12.8. The van der Waals surface area contributed by atoms with Crippen molar-refractivity contribution in [3.63, 3.8) is 0 Å². The van der Waals surface area contributed by atoms with E-state index in [1.807, 2.05) is 37.3 Å². The van der Waals surface area contributed by atoms with E-state index in [0.29, 0.717) is 11.4 Å². The second-order valence-electron chi connectivity index (χ2n) is 6.52. The van der Waals surface area contributed by atoms with Crippen LogP contribution in [-0.4, -0.2) is 11.8 Å². The van der Waals surface area contributed by atoms with Gasteiger partial charge in [-0.05, 0) is 49.2 Å². The van der Waals surface area contributed by atoms with Crippen LogP contribution in [0.5, 0.6) is 5.75 Å². The quantitative estimate of drug-likeness (QED) is 0.861. The topological polar surface area (TPSA) is 41.6 Å². The second kappa shape index (κ2) is 5.42. The van der Waals surface area contributed by atoms with E-state index in [0.717, 1.165) is 23.4 Å². The Kier molecular flexibility index (Phi) is 3.46. The van der Waals surface area contributed by atoms with Crippen LogP contribution in [-0.2, 0) is 6.42 Å². The molecule has 0 aromatic heterocycles. The summed E-state index contributed by atoms with van der Waals surface area (Å²) in [6.45, 7) is 4.07. The van der Waals surface area contributed by atoms with Gasteiger partial charge in [-0.1, -0.05) is 30.7 Å². The zero-order valence-electron chi connectivity index (χ0n) is 13.7. The number of ether oxygens (including phenoxy) is 1. The lowest BCUT2D eigenvalue weighted by Crippen LogP contribution is -2.65. The van der Waals surface area contributed by atoms with E-state index in [-0.39, 0.29) is 12.1 Å². The highest BCUT2D eigenvalue weighted by Crippen LogP contribution is 2.46. The molecule has 0 aliphatic carbocycles. The van der Waals surface area contributed by atoms with Crippen molar-refractivity contribution < 1.29 is 9.53 Å². The van der Waals surface area contributed by atoms with Gasteiger partial charge in [0.2, 0.25) is 0 Å². The molecule has 2 aliphatic rings. The largest absolute Gasteiger partial charge is 0.467 e. The normalized spacial score (nSPS) is 24.9. The molecule has 1 N–H and O–H groups in total. The molecular formula is C19H19ClN2O2. The van der Waals surface area contributed by atoms with Crippen LogP contribution in [0, 0.1) is 0 Å². The average molecular weight is 343 g/mol. The van der Waals surface area contributed by atoms with Gasteiger partial charge in [0, 0.05) is 22.7 Å². The summed E-state index contributed by atoms with van der Waals surface area (Å²) in [5, 5.41) is 3.73. The minimum atomic E-state index is -0.721. The van der Waals surface area contributed by atoms with Gasteiger partial charge >= 0.3 is 6.03 Å². The fourth-order valence-corrected chi connectivity index (χ4v) is 3.80. The first-order chi connectivity index (χ1) is 11.5. The van der Waals surface area contributed by atoms with Crippen molar-refractivity contribution in [1.29, 1.82) is 0 Å². The molecular weight excluding hydrogens is 324 g/mol.